The molecule has 0 rings (SSSR count). The Morgan fingerprint density at radius 3 is 1.00 bits per heavy atom. The second-order valence-corrected chi connectivity index (χ2v) is 15.3. The van der Waals surface area contributed by atoms with E-state index in [-0.39, 0.29) is 59.1 Å². The largest absolute Gasteiger partial charge is 1.00 e. The van der Waals surface area contributed by atoms with Crippen molar-refractivity contribution in [2.75, 3.05) is 0 Å². The summed E-state index contributed by atoms with van der Waals surface area (Å²) in [6.45, 7) is 0. The van der Waals surface area contributed by atoms with Gasteiger partial charge in [-0.1, -0.05) is 0 Å². The van der Waals surface area contributed by atoms with Crippen molar-refractivity contribution in [3.05, 3.63) is 0 Å². The number of alkyl halides is 16. The zero-order valence-corrected chi connectivity index (χ0v) is 32.1. The maximum atomic E-state index is 12.8. The molecule has 0 aliphatic carbocycles. The van der Waals surface area contributed by atoms with Crippen LogP contribution in [0.25, 0.3) is 0 Å². The van der Waals surface area contributed by atoms with Crippen LogP contribution in [0.3, 0.4) is 0 Å². The van der Waals surface area contributed by atoms with E-state index < -0.39 is 84.4 Å². The summed E-state index contributed by atoms with van der Waals surface area (Å²) in [5, 5.41) is -16.8. The molecule has 34 heteroatoms. The molecule has 8 nitrogen and oxygen atoms in total. The maximum Gasteiger partial charge on any atom is 1.00 e. The van der Waals surface area contributed by atoms with E-state index in [4.69, 9.17) is 0 Å². The standard InChI is InChI=1S/C4Br2F8O4S2.C4H2F8O4S2.Br2.2Na/c5-19(15,16)3(11,12)1(7,8)2(9,10)4(13,14)20(6,17)18;5-1(6,3(9,10)17-16-13)2(7,8)4(11,12)18(14)15;1-2;;/h;13H,(H,14,15);;;/q;;;2*+1/p-2. The Labute approximate surface area is 303 Å². The summed E-state index contributed by atoms with van der Waals surface area (Å²) < 4.78 is 264. The van der Waals surface area contributed by atoms with Gasteiger partial charge >= 0.3 is 104 Å². The quantitative estimate of drug-likeness (QED) is 0.0527. The number of hydrogen-bond donors (Lipinski definition) is 0. The van der Waals surface area contributed by atoms with Crippen LogP contribution >= 0.6 is 69.9 Å². The maximum absolute atomic E-state index is 12.8. The van der Waals surface area contributed by atoms with Crippen LogP contribution < -0.4 is 64.4 Å². The molecule has 42 heavy (non-hydrogen) atoms. The molecule has 0 heterocycles. The van der Waals surface area contributed by atoms with E-state index in [1.165, 1.54) is 0 Å². The van der Waals surface area contributed by atoms with Crippen molar-refractivity contribution < 1.29 is 165 Å². The monoisotopic (exact) mass is 1020 g/mol. The molecule has 0 fully saturated rings. The van der Waals surface area contributed by atoms with Gasteiger partial charge in [0.05, 0.1) is 41.7 Å². The SMILES string of the molecule is BrBr.O=S(=O)(Br)C(F)(F)C(F)(F)C(F)(F)C(F)(F)S(=O)(=O)Br.O=S([O-])C(F)(F)C(F)(F)C(F)(F)C(F)(F)SO[O-].[Na+].[Na+]. The van der Waals surface area contributed by atoms with Gasteiger partial charge < -0.3 is 14.1 Å². The zero-order chi connectivity index (χ0) is 34.0. The molecular weight excluding hydrogens is 1020 g/mol. The molecule has 1 unspecified atom stereocenters. The van der Waals surface area contributed by atoms with Crippen LogP contribution in [-0.2, 0) is 32.0 Å². The molecule has 0 aliphatic heterocycles. The Kier molecular flexibility index (Phi) is 22.9. The van der Waals surface area contributed by atoms with Gasteiger partial charge in [-0.15, -0.1) is 0 Å². The van der Waals surface area contributed by atoms with Crippen molar-refractivity contribution >= 4 is 97.5 Å². The molecule has 246 valence electrons. The first-order chi connectivity index (χ1) is 17.0. The van der Waals surface area contributed by atoms with Crippen molar-refractivity contribution in [3.63, 3.8) is 0 Å². The van der Waals surface area contributed by atoms with E-state index >= 15 is 0 Å². The van der Waals surface area contributed by atoms with Crippen molar-refractivity contribution in [1.82, 2.24) is 0 Å². The van der Waals surface area contributed by atoms with Crippen LogP contribution in [0.15, 0.2) is 0 Å². The number of rotatable bonds is 11. The molecule has 0 aromatic rings. The van der Waals surface area contributed by atoms with E-state index in [1.807, 2.05) is 0 Å². The molecule has 0 aromatic heterocycles. The summed E-state index contributed by atoms with van der Waals surface area (Å²) in [6.07, 6.45) is 0. The molecule has 0 aliphatic rings. The van der Waals surface area contributed by atoms with E-state index in [2.05, 4.69) is 32.6 Å². The van der Waals surface area contributed by atoms with Crippen LogP contribution in [0.1, 0.15) is 0 Å². The fraction of sp³-hybridized carbons (Fsp3) is 1.00. The smallest absolute Gasteiger partial charge is 0.768 e. The van der Waals surface area contributed by atoms with Gasteiger partial charge in [0.1, 0.15) is 0 Å². The average Bonchev–Trinajstić information content (AvgIpc) is 2.73. The first-order valence-corrected chi connectivity index (χ1v) is 19.3. The first-order valence-electron chi connectivity index (χ1n) is 7.13. The Morgan fingerprint density at radius 2 is 0.833 bits per heavy atom. The Hall–Kier alpha value is 3.08. The summed E-state index contributed by atoms with van der Waals surface area (Å²) in [5.74, 6) is -28.3. The van der Waals surface area contributed by atoms with Crippen LogP contribution in [0.5, 0.6) is 0 Å². The fourth-order valence-electron chi connectivity index (χ4n) is 1.24. The average molecular weight is 1020 g/mol. The predicted molar refractivity (Wildman–Crippen MR) is 111 cm³/mol. The van der Waals surface area contributed by atoms with Crippen LogP contribution in [0.4, 0.5) is 70.2 Å². The third kappa shape index (κ3) is 10.5. The fourth-order valence-corrected chi connectivity index (χ4v) is 3.98. The van der Waals surface area contributed by atoms with Crippen LogP contribution in [-0.4, -0.2) is 70.3 Å². The number of halogens is 20. The normalized spacial score (nSPS) is 15.1. The van der Waals surface area contributed by atoms with Gasteiger partial charge in [-0.05, 0) is 0 Å². The summed E-state index contributed by atoms with van der Waals surface area (Å²) in [4.78, 5) is 0. The molecule has 0 saturated heterocycles. The van der Waals surface area contributed by atoms with Crippen LogP contribution in [0, 0.1) is 0 Å². The minimum atomic E-state index is -7.24. The summed E-state index contributed by atoms with van der Waals surface area (Å²) in [7, 11) is -12.9. The Bertz CT molecular complexity index is 1060. The topological polar surface area (TPSA) is 141 Å². The van der Waals surface area contributed by atoms with E-state index in [0.29, 0.717) is 0 Å². The van der Waals surface area contributed by atoms with Gasteiger partial charge in [0.2, 0.25) is 0 Å². The third-order valence-electron chi connectivity index (χ3n) is 3.21. The third-order valence-corrected chi connectivity index (χ3v) is 8.60. The van der Waals surface area contributed by atoms with Gasteiger partial charge in [-0.25, -0.2) is 16.8 Å². The summed E-state index contributed by atoms with van der Waals surface area (Å²) in [5.41, 5.74) is 0. The zero-order valence-electron chi connectivity index (χ0n) is 18.5. The van der Waals surface area contributed by atoms with Gasteiger partial charge in [0.25, 0.3) is 16.5 Å². The molecule has 0 radical (unpaired) electrons. The Balaban J connectivity index is -0.000000197. The Morgan fingerprint density at radius 1 is 0.595 bits per heavy atom. The molecule has 0 bridgehead atoms. The minimum Gasteiger partial charge on any atom is -0.768 e. The summed E-state index contributed by atoms with van der Waals surface area (Å²) in [6, 6.07) is 0. The van der Waals surface area contributed by atoms with E-state index in [9.17, 15) is 101 Å². The van der Waals surface area contributed by atoms with Gasteiger partial charge in [0, 0.05) is 39.3 Å². The van der Waals surface area contributed by atoms with Gasteiger partial charge in [0.15, 0.2) is 0 Å². The first kappa shape index (κ1) is 54.5. The van der Waals surface area contributed by atoms with Crippen molar-refractivity contribution in [3.8, 4) is 0 Å². The van der Waals surface area contributed by atoms with Crippen molar-refractivity contribution in [1.29, 1.82) is 0 Å². The molecule has 0 amide bonds. The molecule has 0 saturated carbocycles. The van der Waals surface area contributed by atoms with E-state index in [0.717, 1.165) is 29.6 Å². The number of hydrogen-bond acceptors (Lipinski definition) is 9. The van der Waals surface area contributed by atoms with Crippen LogP contribution in [0.2, 0.25) is 0 Å². The molecule has 1 atom stereocenters. The summed E-state index contributed by atoms with van der Waals surface area (Å²) >= 11 is 0.233. The second-order valence-electron chi connectivity index (χ2n) is 5.63. The molecule has 0 N–H and O–H groups in total. The molecule has 0 spiro atoms. The van der Waals surface area contributed by atoms with Crippen molar-refractivity contribution in [2.24, 2.45) is 0 Å². The minimum absolute atomic E-state index is 0. The molecule has 0 aromatic carbocycles. The van der Waals surface area contributed by atoms with Crippen molar-refractivity contribution in [2.45, 2.75) is 44.7 Å². The van der Waals surface area contributed by atoms with Gasteiger partial charge in [-0.3, -0.25) is 4.21 Å². The predicted octanol–water partition coefficient (Wildman–Crippen LogP) is -0.147. The molecular formula is C8Br4F16Na2O8S4. The second kappa shape index (κ2) is 17.7. The van der Waals surface area contributed by atoms with Gasteiger partial charge in [-0.2, -0.15) is 70.2 Å². The van der Waals surface area contributed by atoms with E-state index in [1.54, 1.807) is 0 Å².